The van der Waals surface area contributed by atoms with Gasteiger partial charge in [0, 0.05) is 27.6 Å². The first-order valence-corrected chi connectivity index (χ1v) is 5.52. The van der Waals surface area contributed by atoms with Gasteiger partial charge in [0.25, 0.3) is 0 Å². The Morgan fingerprint density at radius 1 is 1.06 bits per heavy atom. The number of aromatic nitrogens is 1. The normalized spacial score (nSPS) is 9.71. The molecule has 2 aromatic rings. The van der Waals surface area contributed by atoms with Crippen molar-refractivity contribution in [3.05, 3.63) is 52.3 Å². The van der Waals surface area contributed by atoms with Gasteiger partial charge in [0.2, 0.25) is 0 Å². The van der Waals surface area contributed by atoms with Crippen LogP contribution < -0.4 is 5.32 Å². The number of pyridine rings is 1. The number of anilines is 2. The topological polar surface area (TPSA) is 48.7 Å². The van der Waals surface area contributed by atoms with Crippen molar-refractivity contribution >= 4 is 34.6 Å². The fraction of sp³-hybridized carbons (Fsp3) is 0. The number of nitriles is 1. The molecule has 0 saturated heterocycles. The zero-order valence-corrected chi connectivity index (χ0v) is 10.1. The van der Waals surface area contributed by atoms with Gasteiger partial charge in [0.15, 0.2) is 0 Å². The van der Waals surface area contributed by atoms with Gasteiger partial charge in [-0.05, 0) is 30.3 Å². The molecule has 1 aromatic carbocycles. The van der Waals surface area contributed by atoms with Gasteiger partial charge in [-0.15, -0.1) is 0 Å². The molecule has 2 rings (SSSR count). The van der Waals surface area contributed by atoms with Gasteiger partial charge >= 0.3 is 0 Å². The molecular weight excluding hydrogens is 257 g/mol. The van der Waals surface area contributed by atoms with E-state index < -0.39 is 0 Å². The smallest absolute Gasteiger partial charge is 0.142 e. The summed E-state index contributed by atoms with van der Waals surface area (Å²) < 4.78 is 0. The molecule has 1 N–H and O–H groups in total. The lowest BCUT2D eigenvalue weighted by Crippen LogP contribution is -1.92. The Hall–Kier alpha value is -1.76. The van der Waals surface area contributed by atoms with E-state index in [-0.39, 0.29) is 0 Å². The number of hydrogen-bond donors (Lipinski definition) is 1. The molecule has 17 heavy (non-hydrogen) atoms. The molecule has 0 aliphatic heterocycles. The summed E-state index contributed by atoms with van der Waals surface area (Å²) in [5.41, 5.74) is 1.87. The molecule has 0 bridgehead atoms. The van der Waals surface area contributed by atoms with Gasteiger partial charge in [0.1, 0.15) is 11.8 Å². The summed E-state index contributed by atoms with van der Waals surface area (Å²) in [6.45, 7) is 0. The van der Waals surface area contributed by atoms with Crippen molar-refractivity contribution in [1.29, 1.82) is 5.26 Å². The van der Waals surface area contributed by atoms with Crippen molar-refractivity contribution in [2.75, 3.05) is 5.32 Å². The van der Waals surface area contributed by atoms with E-state index in [4.69, 9.17) is 28.5 Å². The van der Waals surface area contributed by atoms with Crippen LogP contribution in [0.5, 0.6) is 0 Å². The van der Waals surface area contributed by atoms with Crippen LogP contribution in [0.4, 0.5) is 11.4 Å². The lowest BCUT2D eigenvalue weighted by molar-refractivity contribution is 1.26. The van der Waals surface area contributed by atoms with Gasteiger partial charge in [0.05, 0.1) is 0 Å². The van der Waals surface area contributed by atoms with Crippen molar-refractivity contribution in [2.24, 2.45) is 0 Å². The molecule has 0 atom stereocenters. The molecule has 5 heteroatoms. The van der Waals surface area contributed by atoms with E-state index in [2.05, 4.69) is 10.3 Å². The Morgan fingerprint density at radius 3 is 2.41 bits per heavy atom. The molecule has 0 amide bonds. The van der Waals surface area contributed by atoms with Crippen LogP contribution in [0.1, 0.15) is 5.69 Å². The lowest BCUT2D eigenvalue weighted by Gasteiger charge is -2.07. The zero-order valence-electron chi connectivity index (χ0n) is 8.61. The van der Waals surface area contributed by atoms with Crippen LogP contribution in [0.25, 0.3) is 0 Å². The summed E-state index contributed by atoms with van der Waals surface area (Å²) in [4.78, 5) is 3.88. The summed E-state index contributed by atoms with van der Waals surface area (Å²) in [6, 6.07) is 10.5. The SMILES string of the molecule is N#Cc1cc(Nc2cc(Cl)cc(Cl)c2)ccn1. The second-order valence-corrected chi connectivity index (χ2v) is 4.20. The minimum atomic E-state index is 0.350. The van der Waals surface area contributed by atoms with Crippen molar-refractivity contribution in [3.8, 4) is 6.07 Å². The van der Waals surface area contributed by atoms with Gasteiger partial charge in [-0.2, -0.15) is 5.26 Å². The van der Waals surface area contributed by atoms with Crippen molar-refractivity contribution < 1.29 is 0 Å². The van der Waals surface area contributed by atoms with Crippen molar-refractivity contribution in [3.63, 3.8) is 0 Å². The molecule has 3 nitrogen and oxygen atoms in total. The van der Waals surface area contributed by atoms with Crippen molar-refractivity contribution in [2.45, 2.75) is 0 Å². The molecule has 0 aliphatic rings. The third-order valence-corrected chi connectivity index (χ3v) is 2.46. The molecule has 1 aromatic heterocycles. The number of nitrogens with zero attached hydrogens (tertiary/aromatic N) is 2. The molecule has 1 heterocycles. The summed E-state index contributed by atoms with van der Waals surface area (Å²) in [5.74, 6) is 0. The molecule has 0 fully saturated rings. The average molecular weight is 264 g/mol. The van der Waals surface area contributed by atoms with Gasteiger partial charge in [-0.3, -0.25) is 0 Å². The monoisotopic (exact) mass is 263 g/mol. The first-order valence-electron chi connectivity index (χ1n) is 4.76. The number of nitrogens with one attached hydrogen (secondary N) is 1. The molecule has 0 spiro atoms. The second-order valence-electron chi connectivity index (χ2n) is 3.32. The van der Waals surface area contributed by atoms with Crippen LogP contribution in [0.2, 0.25) is 10.0 Å². The van der Waals surface area contributed by atoms with Gasteiger partial charge in [-0.1, -0.05) is 23.2 Å². The first-order chi connectivity index (χ1) is 8.17. The number of rotatable bonds is 2. The highest BCUT2D eigenvalue weighted by atomic mass is 35.5. The predicted molar refractivity (Wildman–Crippen MR) is 68.7 cm³/mol. The third kappa shape index (κ3) is 3.10. The Labute approximate surface area is 109 Å². The predicted octanol–water partition coefficient (Wildman–Crippen LogP) is 4.00. The van der Waals surface area contributed by atoms with E-state index in [0.717, 1.165) is 11.4 Å². The van der Waals surface area contributed by atoms with Gasteiger partial charge < -0.3 is 5.32 Å². The number of halogens is 2. The highest BCUT2D eigenvalue weighted by molar-refractivity contribution is 6.35. The molecule has 0 aliphatic carbocycles. The first kappa shape index (κ1) is 11.7. The maximum absolute atomic E-state index is 8.73. The third-order valence-electron chi connectivity index (χ3n) is 2.03. The van der Waals surface area contributed by atoms with E-state index in [9.17, 15) is 0 Å². The van der Waals surface area contributed by atoms with Crippen molar-refractivity contribution in [1.82, 2.24) is 4.98 Å². The Kier molecular flexibility index (Phi) is 3.48. The van der Waals surface area contributed by atoms with E-state index in [1.165, 1.54) is 0 Å². The second kappa shape index (κ2) is 5.05. The number of benzene rings is 1. The molecule has 0 radical (unpaired) electrons. The highest BCUT2D eigenvalue weighted by Crippen LogP contribution is 2.25. The van der Waals surface area contributed by atoms with Crippen LogP contribution in [-0.2, 0) is 0 Å². The maximum Gasteiger partial charge on any atom is 0.142 e. The van der Waals surface area contributed by atoms with Crippen LogP contribution >= 0.6 is 23.2 Å². The molecule has 0 unspecified atom stereocenters. The summed E-state index contributed by atoms with van der Waals surface area (Å²) >= 11 is 11.8. The molecular formula is C12H7Cl2N3. The fourth-order valence-electron chi connectivity index (χ4n) is 1.36. The Bertz CT molecular complexity index is 570. The summed E-state index contributed by atoms with van der Waals surface area (Å²) in [5, 5.41) is 12.9. The highest BCUT2D eigenvalue weighted by Gasteiger charge is 2.00. The van der Waals surface area contributed by atoms with E-state index in [1.807, 2.05) is 6.07 Å². The van der Waals surface area contributed by atoms with E-state index in [1.54, 1.807) is 36.5 Å². The number of hydrogen-bond acceptors (Lipinski definition) is 3. The van der Waals surface area contributed by atoms with E-state index >= 15 is 0 Å². The largest absolute Gasteiger partial charge is 0.355 e. The lowest BCUT2D eigenvalue weighted by atomic mass is 10.3. The van der Waals surface area contributed by atoms with E-state index in [0.29, 0.717) is 15.7 Å². The van der Waals surface area contributed by atoms with Crippen LogP contribution in [0.15, 0.2) is 36.5 Å². The average Bonchev–Trinajstić information content (AvgIpc) is 2.28. The minimum Gasteiger partial charge on any atom is -0.355 e. The fourth-order valence-corrected chi connectivity index (χ4v) is 1.89. The minimum absolute atomic E-state index is 0.350. The van der Waals surface area contributed by atoms with Crippen LogP contribution in [0.3, 0.4) is 0 Å². The standard InChI is InChI=1S/C12H7Cl2N3/c13-8-3-9(14)5-11(4-8)17-10-1-2-16-12(6-10)7-15/h1-6H,(H,16,17). The van der Waals surface area contributed by atoms with Crippen LogP contribution in [-0.4, -0.2) is 4.98 Å². The zero-order chi connectivity index (χ0) is 12.3. The Balaban J connectivity index is 2.28. The maximum atomic E-state index is 8.73. The molecule has 84 valence electrons. The summed E-state index contributed by atoms with van der Waals surface area (Å²) in [6.07, 6.45) is 1.56. The quantitative estimate of drug-likeness (QED) is 0.891. The van der Waals surface area contributed by atoms with Crippen LogP contribution in [0, 0.1) is 11.3 Å². The Morgan fingerprint density at radius 2 is 1.76 bits per heavy atom. The summed E-state index contributed by atoms with van der Waals surface area (Å²) in [7, 11) is 0. The molecule has 0 saturated carbocycles. The van der Waals surface area contributed by atoms with Gasteiger partial charge in [-0.25, -0.2) is 4.98 Å².